The number of benzene rings is 1. The summed E-state index contributed by atoms with van der Waals surface area (Å²) in [7, 11) is 1.55. The smallest absolute Gasteiger partial charge is 0.273 e. The number of anilines is 2. The van der Waals surface area contributed by atoms with E-state index in [1.165, 1.54) is 21.1 Å². The normalized spacial score (nSPS) is 20.9. The van der Waals surface area contributed by atoms with Gasteiger partial charge < -0.3 is 9.64 Å². The van der Waals surface area contributed by atoms with Crippen LogP contribution in [0.1, 0.15) is 35.1 Å². The Morgan fingerprint density at radius 1 is 1.32 bits per heavy atom. The van der Waals surface area contributed by atoms with Gasteiger partial charge in [0.25, 0.3) is 11.8 Å². The number of carbonyl (C=O) groups excluding carboxylic acids is 3. The van der Waals surface area contributed by atoms with Crippen LogP contribution >= 0.6 is 11.3 Å². The number of likely N-dealkylation sites (N-methyl/N-ethyl adjacent to an activating group) is 1. The van der Waals surface area contributed by atoms with Crippen molar-refractivity contribution in [3.05, 3.63) is 34.8 Å². The summed E-state index contributed by atoms with van der Waals surface area (Å²) < 4.78 is 5.02. The Morgan fingerprint density at radius 3 is 2.86 bits per heavy atom. The molecule has 1 saturated heterocycles. The van der Waals surface area contributed by atoms with Gasteiger partial charge in [0.1, 0.15) is 11.6 Å². The first-order valence-electron chi connectivity index (χ1n) is 8.89. The third kappa shape index (κ3) is 2.60. The van der Waals surface area contributed by atoms with Crippen LogP contribution in [0.3, 0.4) is 0 Å². The van der Waals surface area contributed by atoms with E-state index in [2.05, 4.69) is 15.5 Å². The summed E-state index contributed by atoms with van der Waals surface area (Å²) in [5, 5.41) is 11.6. The van der Waals surface area contributed by atoms with Crippen molar-refractivity contribution < 1.29 is 19.1 Å². The molecule has 0 radical (unpaired) electrons. The van der Waals surface area contributed by atoms with Gasteiger partial charge in [-0.1, -0.05) is 23.5 Å². The number of methoxy groups -OCH3 is 1. The van der Waals surface area contributed by atoms with Crippen LogP contribution in [0, 0.1) is 0 Å². The molecule has 3 heterocycles. The SMILES string of the molecule is CCN1C(=O)c2ccccc2N2C(=O)CC[C@@]12C(=O)Nc1nnc(COC)s1. The number of carbonyl (C=O) groups is 3. The number of amides is 3. The van der Waals surface area contributed by atoms with Crippen molar-refractivity contribution >= 4 is 39.9 Å². The fourth-order valence-corrected chi connectivity index (χ4v) is 4.60. The predicted molar refractivity (Wildman–Crippen MR) is 102 cm³/mol. The summed E-state index contributed by atoms with van der Waals surface area (Å²) in [4.78, 5) is 42.2. The Morgan fingerprint density at radius 2 is 2.11 bits per heavy atom. The minimum atomic E-state index is -1.41. The second kappa shape index (κ2) is 6.95. The first kappa shape index (κ1) is 18.5. The van der Waals surface area contributed by atoms with E-state index in [-0.39, 0.29) is 37.8 Å². The summed E-state index contributed by atoms with van der Waals surface area (Å²) >= 11 is 1.19. The van der Waals surface area contributed by atoms with Crippen LogP contribution in [0.5, 0.6) is 0 Å². The molecule has 2 aromatic rings. The van der Waals surface area contributed by atoms with Crippen molar-refractivity contribution in [3.8, 4) is 0 Å². The molecule has 0 aliphatic carbocycles. The minimum Gasteiger partial charge on any atom is -0.377 e. The molecular weight excluding hydrogens is 382 g/mol. The molecule has 9 nitrogen and oxygen atoms in total. The van der Waals surface area contributed by atoms with Crippen molar-refractivity contribution in [2.45, 2.75) is 32.0 Å². The monoisotopic (exact) mass is 401 g/mol. The largest absolute Gasteiger partial charge is 0.377 e. The van der Waals surface area contributed by atoms with Crippen LogP contribution < -0.4 is 10.2 Å². The molecule has 0 unspecified atom stereocenters. The summed E-state index contributed by atoms with van der Waals surface area (Å²) in [5.41, 5.74) is -0.529. The molecule has 2 aliphatic rings. The molecule has 1 N–H and O–H groups in total. The average molecular weight is 401 g/mol. The van der Waals surface area contributed by atoms with Crippen molar-refractivity contribution in [2.24, 2.45) is 0 Å². The summed E-state index contributed by atoms with van der Waals surface area (Å²) in [5.74, 6) is -0.925. The van der Waals surface area contributed by atoms with E-state index >= 15 is 0 Å². The third-order valence-electron chi connectivity index (χ3n) is 5.01. The van der Waals surface area contributed by atoms with E-state index in [1.807, 2.05) is 0 Å². The van der Waals surface area contributed by atoms with Gasteiger partial charge in [-0.3, -0.25) is 24.6 Å². The molecule has 4 rings (SSSR count). The highest BCUT2D eigenvalue weighted by molar-refractivity contribution is 7.15. The van der Waals surface area contributed by atoms with Crippen molar-refractivity contribution in [3.63, 3.8) is 0 Å². The fourth-order valence-electron chi connectivity index (χ4n) is 3.89. The van der Waals surface area contributed by atoms with Gasteiger partial charge in [-0.15, -0.1) is 10.2 Å². The number of rotatable bonds is 5. The van der Waals surface area contributed by atoms with Crippen molar-refractivity contribution in [1.82, 2.24) is 15.1 Å². The topological polar surface area (TPSA) is 105 Å². The van der Waals surface area contributed by atoms with Crippen LogP contribution in [-0.4, -0.2) is 52.1 Å². The van der Waals surface area contributed by atoms with Gasteiger partial charge in [-0.25, -0.2) is 0 Å². The Balaban J connectivity index is 1.76. The lowest BCUT2D eigenvalue weighted by molar-refractivity contribution is -0.128. The van der Waals surface area contributed by atoms with Gasteiger partial charge in [0.15, 0.2) is 0 Å². The zero-order chi connectivity index (χ0) is 19.9. The third-order valence-corrected chi connectivity index (χ3v) is 5.82. The predicted octanol–water partition coefficient (Wildman–Crippen LogP) is 1.62. The van der Waals surface area contributed by atoms with E-state index < -0.39 is 11.6 Å². The number of ether oxygens (including phenoxy) is 1. The summed E-state index contributed by atoms with van der Waals surface area (Å²) in [6.07, 6.45) is 0.395. The lowest BCUT2D eigenvalue weighted by Gasteiger charge is -2.48. The number of fused-ring (bicyclic) bond motifs is 3. The molecule has 1 atom stereocenters. The molecule has 1 aromatic heterocycles. The fraction of sp³-hybridized carbons (Fsp3) is 0.389. The minimum absolute atomic E-state index is 0.177. The van der Waals surface area contributed by atoms with Crippen molar-refractivity contribution in [2.75, 3.05) is 23.9 Å². The lowest BCUT2D eigenvalue weighted by Crippen LogP contribution is -2.69. The maximum absolute atomic E-state index is 13.4. The van der Waals surface area contributed by atoms with Gasteiger partial charge in [0, 0.05) is 26.5 Å². The Kier molecular flexibility index (Phi) is 4.60. The number of para-hydroxylation sites is 1. The van der Waals surface area contributed by atoms with Crippen LogP contribution in [0.4, 0.5) is 10.8 Å². The molecule has 1 fully saturated rings. The molecule has 146 valence electrons. The zero-order valence-electron chi connectivity index (χ0n) is 15.5. The molecule has 0 saturated carbocycles. The molecule has 3 amide bonds. The molecule has 0 bridgehead atoms. The second-order valence-electron chi connectivity index (χ2n) is 6.50. The van der Waals surface area contributed by atoms with E-state index in [9.17, 15) is 14.4 Å². The van der Waals surface area contributed by atoms with E-state index in [0.717, 1.165) is 0 Å². The zero-order valence-corrected chi connectivity index (χ0v) is 16.3. The van der Waals surface area contributed by atoms with Gasteiger partial charge in [-0.05, 0) is 19.1 Å². The molecule has 0 spiro atoms. The standard InChI is InChI=1S/C18H19N5O4S/c1-3-22-15(25)11-6-4-5-7-12(11)23-14(24)8-9-18(22,23)16(26)19-17-21-20-13(28-17)10-27-2/h4-7H,3,8-10H2,1-2H3,(H,19,21,26)/t18-/m1/s1. The number of aromatic nitrogens is 2. The van der Waals surface area contributed by atoms with Crippen LogP contribution in [0.25, 0.3) is 0 Å². The first-order valence-corrected chi connectivity index (χ1v) is 9.71. The first-order chi connectivity index (χ1) is 13.5. The van der Waals surface area contributed by atoms with E-state index in [1.54, 1.807) is 38.3 Å². The maximum atomic E-state index is 13.4. The van der Waals surface area contributed by atoms with Gasteiger partial charge in [0.2, 0.25) is 16.7 Å². The highest BCUT2D eigenvalue weighted by Gasteiger charge is 2.60. The Hall–Kier alpha value is -2.85. The number of hydrogen-bond donors (Lipinski definition) is 1. The number of nitrogens with zero attached hydrogens (tertiary/aromatic N) is 4. The van der Waals surface area contributed by atoms with E-state index in [0.29, 0.717) is 21.4 Å². The Labute approximate surface area is 165 Å². The molecule has 28 heavy (non-hydrogen) atoms. The summed E-state index contributed by atoms with van der Waals surface area (Å²) in [6, 6.07) is 6.88. The van der Waals surface area contributed by atoms with Crippen molar-refractivity contribution in [1.29, 1.82) is 0 Å². The Bertz CT molecular complexity index is 961. The summed E-state index contributed by atoms with van der Waals surface area (Å²) in [6.45, 7) is 2.37. The van der Waals surface area contributed by atoms with Gasteiger partial charge in [0.05, 0.1) is 11.3 Å². The van der Waals surface area contributed by atoms with Crippen LogP contribution in [0.15, 0.2) is 24.3 Å². The molecule has 2 aliphatic heterocycles. The van der Waals surface area contributed by atoms with Gasteiger partial charge in [-0.2, -0.15) is 0 Å². The van der Waals surface area contributed by atoms with E-state index in [4.69, 9.17) is 4.74 Å². The highest BCUT2D eigenvalue weighted by atomic mass is 32.1. The quantitative estimate of drug-likeness (QED) is 0.816. The molecule has 1 aromatic carbocycles. The molecule has 10 heteroatoms. The lowest BCUT2D eigenvalue weighted by atomic mass is 9.95. The second-order valence-corrected chi connectivity index (χ2v) is 7.56. The number of nitrogens with one attached hydrogen (secondary N) is 1. The van der Waals surface area contributed by atoms with Crippen LogP contribution in [-0.2, 0) is 20.9 Å². The molecular formula is C18H19N5O4S. The number of hydrogen-bond acceptors (Lipinski definition) is 7. The van der Waals surface area contributed by atoms with Gasteiger partial charge >= 0.3 is 0 Å². The van der Waals surface area contributed by atoms with Crippen LogP contribution in [0.2, 0.25) is 0 Å². The average Bonchev–Trinajstić information content (AvgIpc) is 3.28. The highest BCUT2D eigenvalue weighted by Crippen LogP contribution is 2.44. The maximum Gasteiger partial charge on any atom is 0.273 e.